The zero-order valence-electron chi connectivity index (χ0n) is 9.37. The molecule has 18 heavy (non-hydrogen) atoms. The molecule has 0 aliphatic heterocycles. The van der Waals surface area contributed by atoms with Crippen LogP contribution in [-0.4, -0.2) is 22.5 Å². The summed E-state index contributed by atoms with van der Waals surface area (Å²) in [6, 6.07) is 2.80. The first-order valence-corrected chi connectivity index (χ1v) is 5.41. The highest BCUT2D eigenvalue weighted by molar-refractivity contribution is 5.90. The molecular weight excluding hydrogens is 244 g/mol. The molecule has 1 saturated carbocycles. The van der Waals surface area contributed by atoms with Gasteiger partial charge < -0.3 is 10.4 Å². The SMILES string of the molecule is O=C(Cc1cc(F)cc(F)c1)NC1(C(=O)O)CC1. The van der Waals surface area contributed by atoms with E-state index in [0.717, 1.165) is 12.1 Å². The topological polar surface area (TPSA) is 66.4 Å². The Morgan fingerprint density at radius 3 is 2.22 bits per heavy atom. The van der Waals surface area contributed by atoms with Gasteiger partial charge in [-0.2, -0.15) is 0 Å². The lowest BCUT2D eigenvalue weighted by Crippen LogP contribution is -2.43. The first-order valence-electron chi connectivity index (χ1n) is 5.41. The van der Waals surface area contributed by atoms with Crippen molar-refractivity contribution in [2.75, 3.05) is 0 Å². The van der Waals surface area contributed by atoms with Crippen LogP contribution in [0.5, 0.6) is 0 Å². The Kier molecular flexibility index (Phi) is 3.02. The lowest BCUT2D eigenvalue weighted by Gasteiger charge is -2.12. The van der Waals surface area contributed by atoms with Gasteiger partial charge in [-0.3, -0.25) is 4.79 Å². The summed E-state index contributed by atoms with van der Waals surface area (Å²) in [5.74, 6) is -3.17. The minimum Gasteiger partial charge on any atom is -0.480 e. The van der Waals surface area contributed by atoms with Gasteiger partial charge in [-0.25, -0.2) is 13.6 Å². The summed E-state index contributed by atoms with van der Waals surface area (Å²) < 4.78 is 25.8. The molecule has 1 aromatic carbocycles. The summed E-state index contributed by atoms with van der Waals surface area (Å²) >= 11 is 0. The van der Waals surface area contributed by atoms with E-state index < -0.39 is 29.0 Å². The number of carboxylic acid groups (broad SMARTS) is 1. The number of rotatable bonds is 4. The second-order valence-corrected chi connectivity index (χ2v) is 4.39. The molecule has 0 heterocycles. The lowest BCUT2D eigenvalue weighted by atomic mass is 10.1. The van der Waals surface area contributed by atoms with Crippen LogP contribution in [0.2, 0.25) is 0 Å². The maximum atomic E-state index is 12.9. The Balaban J connectivity index is 2.01. The molecule has 1 aliphatic rings. The van der Waals surface area contributed by atoms with E-state index in [1.54, 1.807) is 0 Å². The van der Waals surface area contributed by atoms with Gasteiger partial charge in [0.05, 0.1) is 6.42 Å². The van der Waals surface area contributed by atoms with Gasteiger partial charge in [-0.05, 0) is 30.5 Å². The highest BCUT2D eigenvalue weighted by atomic mass is 19.1. The molecule has 96 valence electrons. The van der Waals surface area contributed by atoms with Gasteiger partial charge in [-0.1, -0.05) is 0 Å². The van der Waals surface area contributed by atoms with E-state index in [0.29, 0.717) is 18.9 Å². The molecule has 2 N–H and O–H groups in total. The van der Waals surface area contributed by atoms with E-state index >= 15 is 0 Å². The third kappa shape index (κ3) is 2.64. The summed E-state index contributed by atoms with van der Waals surface area (Å²) in [6.45, 7) is 0. The van der Waals surface area contributed by atoms with Crippen LogP contribution in [0.1, 0.15) is 18.4 Å². The summed E-state index contributed by atoms with van der Waals surface area (Å²) in [7, 11) is 0. The standard InChI is InChI=1S/C12H11F2NO3/c13-8-3-7(4-9(14)6-8)5-10(16)15-12(1-2-12)11(17)18/h3-4,6H,1-2,5H2,(H,15,16)(H,17,18). The minimum atomic E-state index is -1.18. The van der Waals surface area contributed by atoms with Crippen molar-refractivity contribution in [3.8, 4) is 0 Å². The number of carbonyl (C=O) groups excluding carboxylic acids is 1. The van der Waals surface area contributed by atoms with Crippen molar-refractivity contribution < 1.29 is 23.5 Å². The Morgan fingerprint density at radius 2 is 1.78 bits per heavy atom. The van der Waals surface area contributed by atoms with Crippen LogP contribution in [0, 0.1) is 11.6 Å². The third-order valence-corrected chi connectivity index (χ3v) is 2.83. The second-order valence-electron chi connectivity index (χ2n) is 4.39. The fraction of sp³-hybridized carbons (Fsp3) is 0.333. The maximum absolute atomic E-state index is 12.9. The van der Waals surface area contributed by atoms with Crippen molar-refractivity contribution in [2.45, 2.75) is 24.8 Å². The maximum Gasteiger partial charge on any atom is 0.329 e. The smallest absolute Gasteiger partial charge is 0.329 e. The zero-order valence-corrected chi connectivity index (χ0v) is 9.37. The van der Waals surface area contributed by atoms with Crippen molar-refractivity contribution in [2.24, 2.45) is 0 Å². The van der Waals surface area contributed by atoms with Crippen LogP contribution >= 0.6 is 0 Å². The molecule has 1 aromatic rings. The fourth-order valence-electron chi connectivity index (χ4n) is 1.73. The number of hydrogen-bond acceptors (Lipinski definition) is 2. The predicted octanol–water partition coefficient (Wildman–Crippen LogP) is 1.24. The number of aliphatic carboxylic acids is 1. The van der Waals surface area contributed by atoms with Crippen molar-refractivity contribution >= 4 is 11.9 Å². The van der Waals surface area contributed by atoms with Gasteiger partial charge in [0.15, 0.2) is 0 Å². The van der Waals surface area contributed by atoms with Crippen LogP contribution in [0.4, 0.5) is 8.78 Å². The van der Waals surface area contributed by atoms with E-state index in [1.165, 1.54) is 0 Å². The molecule has 0 saturated heterocycles. The number of halogens is 2. The van der Waals surface area contributed by atoms with E-state index in [2.05, 4.69) is 5.32 Å². The average molecular weight is 255 g/mol. The summed E-state index contributed by atoms with van der Waals surface area (Å²) in [4.78, 5) is 22.4. The highest BCUT2D eigenvalue weighted by Crippen LogP contribution is 2.35. The molecule has 0 bridgehead atoms. The van der Waals surface area contributed by atoms with E-state index in [4.69, 9.17) is 5.11 Å². The zero-order chi connectivity index (χ0) is 13.3. The third-order valence-electron chi connectivity index (χ3n) is 2.83. The molecule has 0 spiro atoms. The molecule has 0 unspecified atom stereocenters. The Bertz CT molecular complexity index is 492. The highest BCUT2D eigenvalue weighted by Gasteiger charge is 2.51. The Labute approximate surface area is 102 Å². The molecular formula is C12H11F2NO3. The first-order chi connectivity index (χ1) is 8.41. The number of carbonyl (C=O) groups is 2. The monoisotopic (exact) mass is 255 g/mol. The molecule has 1 fully saturated rings. The Hall–Kier alpha value is -1.98. The quantitative estimate of drug-likeness (QED) is 0.850. The van der Waals surface area contributed by atoms with Gasteiger partial charge in [0.2, 0.25) is 5.91 Å². The van der Waals surface area contributed by atoms with Crippen molar-refractivity contribution in [3.05, 3.63) is 35.4 Å². The van der Waals surface area contributed by atoms with Gasteiger partial charge >= 0.3 is 5.97 Å². The molecule has 0 atom stereocenters. The van der Waals surface area contributed by atoms with Gasteiger partial charge in [0, 0.05) is 6.07 Å². The van der Waals surface area contributed by atoms with Gasteiger partial charge in [0.25, 0.3) is 0 Å². The molecule has 1 aliphatic carbocycles. The normalized spacial score (nSPS) is 16.1. The van der Waals surface area contributed by atoms with Crippen LogP contribution < -0.4 is 5.32 Å². The molecule has 4 nitrogen and oxygen atoms in total. The van der Waals surface area contributed by atoms with E-state index in [1.807, 2.05) is 0 Å². The number of benzene rings is 1. The summed E-state index contributed by atoms with van der Waals surface area (Å²) in [5, 5.41) is 11.2. The number of nitrogens with one attached hydrogen (secondary N) is 1. The average Bonchev–Trinajstić information content (AvgIpc) is 2.96. The van der Waals surface area contributed by atoms with Crippen LogP contribution in [-0.2, 0) is 16.0 Å². The van der Waals surface area contributed by atoms with E-state index in [-0.39, 0.29) is 12.0 Å². The first kappa shape index (κ1) is 12.5. The fourth-order valence-corrected chi connectivity index (χ4v) is 1.73. The largest absolute Gasteiger partial charge is 0.480 e. The molecule has 2 rings (SSSR count). The predicted molar refractivity (Wildman–Crippen MR) is 57.8 cm³/mol. The van der Waals surface area contributed by atoms with Crippen LogP contribution in [0.25, 0.3) is 0 Å². The molecule has 0 radical (unpaired) electrons. The Morgan fingerprint density at radius 1 is 1.22 bits per heavy atom. The number of carboxylic acids is 1. The molecule has 1 amide bonds. The van der Waals surface area contributed by atoms with Crippen molar-refractivity contribution in [1.29, 1.82) is 0 Å². The molecule has 6 heteroatoms. The van der Waals surface area contributed by atoms with Crippen LogP contribution in [0.3, 0.4) is 0 Å². The second kappa shape index (κ2) is 4.36. The summed E-state index contributed by atoms with van der Waals surface area (Å²) in [6.07, 6.45) is 0.515. The lowest BCUT2D eigenvalue weighted by molar-refractivity contribution is -0.143. The number of amides is 1. The van der Waals surface area contributed by atoms with Crippen LogP contribution in [0.15, 0.2) is 18.2 Å². The van der Waals surface area contributed by atoms with E-state index in [9.17, 15) is 18.4 Å². The number of hydrogen-bond donors (Lipinski definition) is 2. The van der Waals surface area contributed by atoms with Crippen molar-refractivity contribution in [1.82, 2.24) is 5.32 Å². The molecule has 0 aromatic heterocycles. The van der Waals surface area contributed by atoms with Crippen molar-refractivity contribution in [3.63, 3.8) is 0 Å². The minimum absolute atomic E-state index is 0.172. The van der Waals surface area contributed by atoms with Gasteiger partial charge in [0.1, 0.15) is 17.2 Å². The van der Waals surface area contributed by atoms with Gasteiger partial charge in [-0.15, -0.1) is 0 Å². The summed E-state index contributed by atoms with van der Waals surface area (Å²) in [5.41, 5.74) is -1.01.